The van der Waals surface area contributed by atoms with E-state index in [0.29, 0.717) is 11.6 Å². The minimum atomic E-state index is 0.313. The maximum Gasteiger partial charge on any atom is 0.0338 e. The molecule has 3 rings (SSSR count). The third-order valence-electron chi connectivity index (χ3n) is 6.43. The molecule has 4 atom stereocenters. The van der Waals surface area contributed by atoms with Crippen molar-refractivity contribution in [2.45, 2.75) is 76.4 Å². The standard InChI is InChI=1S/C17H33N3/c1-3-15-6-4-8-17(10-15,13-18)20-12-16-7-5-9-19(16)11-14(20)2/h14-16H,3-13,18H2,1-2H3. The Bertz CT molecular complexity index is 332. The molecule has 3 aliphatic rings. The van der Waals surface area contributed by atoms with Crippen LogP contribution in [-0.2, 0) is 0 Å². The number of nitrogens with zero attached hydrogens (tertiary/aromatic N) is 2. The van der Waals surface area contributed by atoms with Gasteiger partial charge in [0.15, 0.2) is 0 Å². The minimum absolute atomic E-state index is 0.313. The molecule has 3 fully saturated rings. The summed E-state index contributed by atoms with van der Waals surface area (Å²) in [5, 5.41) is 0. The van der Waals surface area contributed by atoms with Gasteiger partial charge in [0.1, 0.15) is 0 Å². The smallest absolute Gasteiger partial charge is 0.0338 e. The summed E-state index contributed by atoms with van der Waals surface area (Å²) in [5.41, 5.74) is 6.64. The van der Waals surface area contributed by atoms with Crippen LogP contribution in [0.1, 0.15) is 58.8 Å². The van der Waals surface area contributed by atoms with Gasteiger partial charge in [-0.1, -0.05) is 26.2 Å². The lowest BCUT2D eigenvalue weighted by molar-refractivity contribution is -0.0476. The number of rotatable bonds is 3. The van der Waals surface area contributed by atoms with E-state index in [1.807, 2.05) is 0 Å². The van der Waals surface area contributed by atoms with Gasteiger partial charge in [0.25, 0.3) is 0 Å². The van der Waals surface area contributed by atoms with E-state index in [2.05, 4.69) is 23.6 Å². The van der Waals surface area contributed by atoms with Crippen molar-refractivity contribution >= 4 is 0 Å². The predicted octanol–water partition coefficient (Wildman–Crippen LogP) is 2.45. The average molecular weight is 279 g/mol. The lowest BCUT2D eigenvalue weighted by Gasteiger charge is -2.55. The van der Waals surface area contributed by atoms with Crippen LogP contribution in [-0.4, -0.2) is 53.6 Å². The lowest BCUT2D eigenvalue weighted by atomic mass is 9.72. The Kier molecular flexibility index (Phi) is 4.40. The molecule has 0 bridgehead atoms. The normalized spacial score (nSPS) is 43.6. The second-order valence-corrected chi connectivity index (χ2v) is 7.59. The summed E-state index contributed by atoms with van der Waals surface area (Å²) in [6.45, 7) is 9.52. The zero-order valence-corrected chi connectivity index (χ0v) is 13.5. The highest BCUT2D eigenvalue weighted by atomic mass is 15.3. The Morgan fingerprint density at radius 3 is 2.80 bits per heavy atom. The molecule has 4 unspecified atom stereocenters. The third kappa shape index (κ3) is 2.53. The van der Waals surface area contributed by atoms with Gasteiger partial charge < -0.3 is 5.73 Å². The molecular weight excluding hydrogens is 246 g/mol. The first-order valence-electron chi connectivity index (χ1n) is 8.89. The van der Waals surface area contributed by atoms with Crippen LogP contribution in [0, 0.1) is 5.92 Å². The highest BCUT2D eigenvalue weighted by Crippen LogP contribution is 2.41. The Morgan fingerprint density at radius 2 is 2.05 bits per heavy atom. The highest BCUT2D eigenvalue weighted by Gasteiger charge is 2.46. The predicted molar refractivity (Wildman–Crippen MR) is 84.8 cm³/mol. The summed E-state index contributed by atoms with van der Waals surface area (Å²) in [6.07, 6.45) is 9.62. The van der Waals surface area contributed by atoms with Crippen molar-refractivity contribution in [2.75, 3.05) is 26.2 Å². The van der Waals surface area contributed by atoms with Crippen molar-refractivity contribution in [1.82, 2.24) is 9.80 Å². The molecule has 0 aromatic heterocycles. The van der Waals surface area contributed by atoms with Gasteiger partial charge in [-0.25, -0.2) is 0 Å². The van der Waals surface area contributed by atoms with Gasteiger partial charge >= 0.3 is 0 Å². The maximum atomic E-state index is 6.33. The molecule has 2 aliphatic heterocycles. The monoisotopic (exact) mass is 279 g/mol. The van der Waals surface area contributed by atoms with Gasteiger partial charge in [0.05, 0.1) is 0 Å². The second kappa shape index (κ2) is 5.94. The Balaban J connectivity index is 1.77. The fourth-order valence-electron chi connectivity index (χ4n) is 5.22. The molecule has 2 saturated heterocycles. The fraction of sp³-hybridized carbons (Fsp3) is 1.00. The lowest BCUT2D eigenvalue weighted by Crippen LogP contribution is -2.66. The van der Waals surface area contributed by atoms with E-state index in [1.165, 1.54) is 64.6 Å². The molecule has 2 heterocycles. The average Bonchev–Trinajstić information content (AvgIpc) is 2.93. The molecule has 3 nitrogen and oxygen atoms in total. The summed E-state index contributed by atoms with van der Waals surface area (Å²) in [7, 11) is 0. The van der Waals surface area contributed by atoms with Crippen molar-refractivity contribution in [3.8, 4) is 0 Å². The van der Waals surface area contributed by atoms with Crippen LogP contribution < -0.4 is 5.73 Å². The van der Waals surface area contributed by atoms with Gasteiger partial charge in [0.2, 0.25) is 0 Å². The number of hydrogen-bond donors (Lipinski definition) is 1. The van der Waals surface area contributed by atoms with Crippen molar-refractivity contribution < 1.29 is 0 Å². The number of hydrogen-bond acceptors (Lipinski definition) is 3. The topological polar surface area (TPSA) is 32.5 Å². The summed E-state index contributed by atoms with van der Waals surface area (Å²) >= 11 is 0. The molecule has 1 aliphatic carbocycles. The van der Waals surface area contributed by atoms with E-state index in [9.17, 15) is 0 Å². The molecule has 0 radical (unpaired) electrons. The molecule has 0 aromatic rings. The number of nitrogens with two attached hydrogens (primary N) is 1. The van der Waals surface area contributed by atoms with E-state index < -0.39 is 0 Å². The summed E-state index contributed by atoms with van der Waals surface area (Å²) < 4.78 is 0. The van der Waals surface area contributed by atoms with Crippen molar-refractivity contribution in [3.63, 3.8) is 0 Å². The second-order valence-electron chi connectivity index (χ2n) is 7.59. The summed E-state index contributed by atoms with van der Waals surface area (Å²) in [6, 6.07) is 1.50. The highest BCUT2D eigenvalue weighted by molar-refractivity contribution is 5.03. The minimum Gasteiger partial charge on any atom is -0.329 e. The van der Waals surface area contributed by atoms with E-state index >= 15 is 0 Å². The zero-order chi connectivity index (χ0) is 14.2. The van der Waals surface area contributed by atoms with Gasteiger partial charge in [-0.05, 0) is 45.1 Å². The van der Waals surface area contributed by atoms with E-state index in [0.717, 1.165) is 18.5 Å². The number of piperazine rings is 1. The molecule has 0 spiro atoms. The SMILES string of the molecule is CCC1CCCC(CN)(N2CC3CCCN3CC2C)C1. The Labute approximate surface area is 124 Å². The molecular formula is C17H33N3. The first-order valence-corrected chi connectivity index (χ1v) is 8.89. The molecule has 2 N–H and O–H groups in total. The van der Waals surface area contributed by atoms with E-state index in [-0.39, 0.29) is 0 Å². The van der Waals surface area contributed by atoms with Crippen LogP contribution in [0.2, 0.25) is 0 Å². The Morgan fingerprint density at radius 1 is 1.20 bits per heavy atom. The molecule has 3 heteroatoms. The first-order chi connectivity index (χ1) is 9.68. The van der Waals surface area contributed by atoms with Crippen molar-refractivity contribution in [3.05, 3.63) is 0 Å². The maximum absolute atomic E-state index is 6.33. The molecule has 116 valence electrons. The summed E-state index contributed by atoms with van der Waals surface area (Å²) in [4.78, 5) is 5.56. The van der Waals surface area contributed by atoms with Crippen LogP contribution in [0.4, 0.5) is 0 Å². The van der Waals surface area contributed by atoms with E-state index in [4.69, 9.17) is 5.73 Å². The molecule has 1 saturated carbocycles. The quantitative estimate of drug-likeness (QED) is 0.861. The number of fused-ring (bicyclic) bond motifs is 1. The van der Waals surface area contributed by atoms with Gasteiger partial charge in [0, 0.05) is 37.3 Å². The fourth-order valence-corrected chi connectivity index (χ4v) is 5.22. The zero-order valence-electron chi connectivity index (χ0n) is 13.5. The molecule has 0 amide bonds. The van der Waals surface area contributed by atoms with Crippen LogP contribution in [0.5, 0.6) is 0 Å². The Hall–Kier alpha value is -0.120. The van der Waals surface area contributed by atoms with E-state index in [1.54, 1.807) is 0 Å². The van der Waals surface area contributed by atoms with Crippen LogP contribution >= 0.6 is 0 Å². The first kappa shape index (κ1) is 14.8. The molecule has 20 heavy (non-hydrogen) atoms. The van der Waals surface area contributed by atoms with Gasteiger partial charge in [-0.3, -0.25) is 9.80 Å². The van der Waals surface area contributed by atoms with Crippen molar-refractivity contribution in [2.24, 2.45) is 11.7 Å². The third-order valence-corrected chi connectivity index (χ3v) is 6.43. The molecule has 0 aromatic carbocycles. The largest absolute Gasteiger partial charge is 0.329 e. The van der Waals surface area contributed by atoms with Crippen molar-refractivity contribution in [1.29, 1.82) is 0 Å². The van der Waals surface area contributed by atoms with Crippen LogP contribution in [0.25, 0.3) is 0 Å². The van der Waals surface area contributed by atoms with Crippen LogP contribution in [0.3, 0.4) is 0 Å². The van der Waals surface area contributed by atoms with Gasteiger partial charge in [-0.2, -0.15) is 0 Å². The van der Waals surface area contributed by atoms with Gasteiger partial charge in [-0.15, -0.1) is 0 Å². The summed E-state index contributed by atoms with van der Waals surface area (Å²) in [5.74, 6) is 0.904. The van der Waals surface area contributed by atoms with Crippen LogP contribution in [0.15, 0.2) is 0 Å².